The highest BCUT2D eigenvalue weighted by Crippen LogP contribution is 2.23. The number of nitrogens with zero attached hydrogens (tertiary/aromatic N) is 1. The zero-order valence-corrected chi connectivity index (χ0v) is 14.7. The molecule has 1 rings (SSSR count). The Bertz CT molecular complexity index is 515. The number of hydrogen-bond acceptors (Lipinski definition) is 2. The maximum absolute atomic E-state index is 11.8. The first kappa shape index (κ1) is 17.7. The lowest BCUT2D eigenvalue weighted by Crippen LogP contribution is -2.34. The average molecular weight is 355 g/mol. The number of carbonyl (C=O) groups is 2. The van der Waals surface area contributed by atoms with Crippen molar-refractivity contribution in [2.75, 3.05) is 18.0 Å². The van der Waals surface area contributed by atoms with Gasteiger partial charge in [-0.1, -0.05) is 29.8 Å². The van der Waals surface area contributed by atoms with E-state index in [0.717, 1.165) is 15.7 Å². The third kappa shape index (κ3) is 5.87. The molecule has 0 aliphatic heterocycles. The van der Waals surface area contributed by atoms with Gasteiger partial charge in [-0.2, -0.15) is 0 Å². The summed E-state index contributed by atoms with van der Waals surface area (Å²) >= 11 is 3.44. The van der Waals surface area contributed by atoms with Crippen LogP contribution in [0.4, 0.5) is 5.69 Å². The average Bonchev–Trinajstić information content (AvgIpc) is 2.40. The minimum Gasteiger partial charge on any atom is -0.356 e. The molecule has 0 atom stereocenters. The number of carbonyl (C=O) groups excluding carboxylic acids is 2. The van der Waals surface area contributed by atoms with Crippen molar-refractivity contribution in [1.82, 2.24) is 5.32 Å². The second-order valence-corrected chi connectivity index (χ2v) is 6.41. The van der Waals surface area contributed by atoms with Gasteiger partial charge in [-0.3, -0.25) is 9.59 Å². The van der Waals surface area contributed by atoms with E-state index in [1.165, 1.54) is 6.92 Å². The molecule has 0 fully saturated rings. The van der Waals surface area contributed by atoms with Crippen LogP contribution in [0.1, 0.15) is 32.8 Å². The number of anilines is 1. The molecule has 0 radical (unpaired) electrons. The Hall–Kier alpha value is -1.36. The van der Waals surface area contributed by atoms with Gasteiger partial charge in [0.25, 0.3) is 0 Å². The van der Waals surface area contributed by atoms with Crippen molar-refractivity contribution in [2.24, 2.45) is 5.92 Å². The summed E-state index contributed by atoms with van der Waals surface area (Å²) in [5.41, 5.74) is 1.88. The van der Waals surface area contributed by atoms with Gasteiger partial charge in [0.2, 0.25) is 11.8 Å². The van der Waals surface area contributed by atoms with Crippen LogP contribution in [-0.4, -0.2) is 24.9 Å². The van der Waals surface area contributed by atoms with Crippen molar-refractivity contribution in [1.29, 1.82) is 0 Å². The SMILES string of the molecule is CC(=O)N(CCC(=O)NCC(C)C)c1ccc(Br)c(C)c1. The molecule has 0 aliphatic carbocycles. The topological polar surface area (TPSA) is 49.4 Å². The summed E-state index contributed by atoms with van der Waals surface area (Å²) < 4.78 is 1.00. The van der Waals surface area contributed by atoms with E-state index in [-0.39, 0.29) is 11.8 Å². The third-order valence-corrected chi connectivity index (χ3v) is 3.99. The lowest BCUT2D eigenvalue weighted by Gasteiger charge is -2.22. The Balaban J connectivity index is 2.68. The Morgan fingerprint density at radius 1 is 1.33 bits per heavy atom. The van der Waals surface area contributed by atoms with Gasteiger partial charge in [-0.15, -0.1) is 0 Å². The van der Waals surface area contributed by atoms with E-state index in [4.69, 9.17) is 0 Å². The highest BCUT2D eigenvalue weighted by Gasteiger charge is 2.14. The Morgan fingerprint density at radius 3 is 2.52 bits per heavy atom. The van der Waals surface area contributed by atoms with Gasteiger partial charge < -0.3 is 10.2 Å². The van der Waals surface area contributed by atoms with Crippen LogP contribution < -0.4 is 10.2 Å². The van der Waals surface area contributed by atoms with Crippen molar-refractivity contribution in [2.45, 2.75) is 34.1 Å². The smallest absolute Gasteiger partial charge is 0.223 e. The van der Waals surface area contributed by atoms with E-state index < -0.39 is 0 Å². The minimum absolute atomic E-state index is 0.0243. The van der Waals surface area contributed by atoms with Crippen LogP contribution in [0.15, 0.2) is 22.7 Å². The number of rotatable bonds is 6. The Kier molecular flexibility index (Phi) is 6.89. The number of amides is 2. The molecule has 0 aromatic heterocycles. The first-order chi connectivity index (χ1) is 9.81. The van der Waals surface area contributed by atoms with Crippen molar-refractivity contribution < 1.29 is 9.59 Å². The number of aryl methyl sites for hydroxylation is 1. The molecule has 1 aromatic carbocycles. The van der Waals surface area contributed by atoms with Crippen molar-refractivity contribution in [3.8, 4) is 0 Å². The second kappa shape index (κ2) is 8.17. The molecule has 4 nitrogen and oxygen atoms in total. The number of halogens is 1. The van der Waals surface area contributed by atoms with Gasteiger partial charge in [0.1, 0.15) is 0 Å². The van der Waals surface area contributed by atoms with Crippen LogP contribution in [0.5, 0.6) is 0 Å². The molecule has 0 spiro atoms. The fourth-order valence-corrected chi connectivity index (χ4v) is 2.13. The number of nitrogens with one attached hydrogen (secondary N) is 1. The molecule has 5 heteroatoms. The monoisotopic (exact) mass is 354 g/mol. The fraction of sp³-hybridized carbons (Fsp3) is 0.500. The van der Waals surface area contributed by atoms with Crippen LogP contribution in [0.2, 0.25) is 0 Å². The van der Waals surface area contributed by atoms with Crippen molar-refractivity contribution >= 4 is 33.4 Å². The van der Waals surface area contributed by atoms with Crippen LogP contribution in [0.25, 0.3) is 0 Å². The van der Waals surface area contributed by atoms with Gasteiger partial charge >= 0.3 is 0 Å². The maximum atomic E-state index is 11.8. The van der Waals surface area contributed by atoms with Gasteiger partial charge in [-0.25, -0.2) is 0 Å². The maximum Gasteiger partial charge on any atom is 0.223 e. The van der Waals surface area contributed by atoms with E-state index in [9.17, 15) is 9.59 Å². The van der Waals surface area contributed by atoms with Gasteiger partial charge in [-0.05, 0) is 36.6 Å². The first-order valence-corrected chi connectivity index (χ1v) is 7.91. The first-order valence-electron chi connectivity index (χ1n) is 7.12. The summed E-state index contributed by atoms with van der Waals surface area (Å²) in [6, 6.07) is 5.74. The van der Waals surface area contributed by atoms with E-state index in [0.29, 0.717) is 25.4 Å². The third-order valence-electron chi connectivity index (χ3n) is 3.10. The quantitative estimate of drug-likeness (QED) is 0.852. The molecule has 0 saturated heterocycles. The molecule has 0 unspecified atom stereocenters. The summed E-state index contributed by atoms with van der Waals surface area (Å²) in [5, 5.41) is 2.86. The van der Waals surface area contributed by atoms with Crippen LogP contribution in [0, 0.1) is 12.8 Å². The molecule has 0 aliphatic rings. The van der Waals surface area contributed by atoms with E-state index in [2.05, 4.69) is 21.2 Å². The summed E-state index contributed by atoms with van der Waals surface area (Å²) in [5.74, 6) is 0.337. The Morgan fingerprint density at radius 2 is 2.00 bits per heavy atom. The van der Waals surface area contributed by atoms with Crippen molar-refractivity contribution in [3.63, 3.8) is 0 Å². The zero-order valence-electron chi connectivity index (χ0n) is 13.1. The Labute approximate surface area is 135 Å². The molecule has 0 bridgehead atoms. The van der Waals surface area contributed by atoms with Gasteiger partial charge in [0.05, 0.1) is 0 Å². The largest absolute Gasteiger partial charge is 0.356 e. The summed E-state index contributed by atoms with van der Waals surface area (Å²) in [6.45, 7) is 8.64. The number of hydrogen-bond donors (Lipinski definition) is 1. The summed E-state index contributed by atoms with van der Waals surface area (Å²) in [6.07, 6.45) is 0.307. The van der Waals surface area contributed by atoms with E-state index in [1.807, 2.05) is 39.0 Å². The van der Waals surface area contributed by atoms with Gasteiger partial charge in [0, 0.05) is 36.6 Å². The molecule has 116 valence electrons. The minimum atomic E-state index is -0.0617. The van der Waals surface area contributed by atoms with E-state index >= 15 is 0 Å². The fourth-order valence-electron chi connectivity index (χ4n) is 1.88. The molecule has 2 amide bonds. The van der Waals surface area contributed by atoms with Gasteiger partial charge in [0.15, 0.2) is 0 Å². The summed E-state index contributed by atoms with van der Waals surface area (Å²) in [4.78, 5) is 25.2. The standard InChI is InChI=1S/C16H23BrN2O2/c1-11(2)10-18-16(21)7-8-19(13(4)20)14-5-6-15(17)12(3)9-14/h5-6,9,11H,7-8,10H2,1-4H3,(H,18,21). The van der Waals surface area contributed by atoms with Crippen LogP contribution >= 0.6 is 15.9 Å². The predicted molar refractivity (Wildman–Crippen MR) is 89.4 cm³/mol. The summed E-state index contributed by atoms with van der Waals surface area (Å²) in [7, 11) is 0. The molecular weight excluding hydrogens is 332 g/mol. The van der Waals surface area contributed by atoms with Crippen molar-refractivity contribution in [3.05, 3.63) is 28.2 Å². The van der Waals surface area contributed by atoms with Crippen LogP contribution in [0.3, 0.4) is 0 Å². The molecular formula is C16H23BrN2O2. The lowest BCUT2D eigenvalue weighted by molar-refractivity contribution is -0.121. The molecule has 1 aromatic rings. The highest BCUT2D eigenvalue weighted by molar-refractivity contribution is 9.10. The molecule has 21 heavy (non-hydrogen) atoms. The predicted octanol–water partition coefficient (Wildman–Crippen LogP) is 3.27. The molecule has 0 heterocycles. The van der Waals surface area contributed by atoms with E-state index in [1.54, 1.807) is 4.90 Å². The highest BCUT2D eigenvalue weighted by atomic mass is 79.9. The second-order valence-electron chi connectivity index (χ2n) is 5.55. The zero-order chi connectivity index (χ0) is 16.0. The normalized spacial score (nSPS) is 10.6. The lowest BCUT2D eigenvalue weighted by atomic mass is 10.2. The molecule has 0 saturated carbocycles. The van der Waals surface area contributed by atoms with Crippen LogP contribution in [-0.2, 0) is 9.59 Å². The molecule has 1 N–H and O–H groups in total. The number of benzene rings is 1.